The van der Waals surface area contributed by atoms with Gasteiger partial charge in [-0.15, -0.1) is 0 Å². The van der Waals surface area contributed by atoms with Crippen LogP contribution in [0, 0.1) is 11.3 Å². The number of hydrogen-bond donors (Lipinski definition) is 2. The van der Waals surface area contributed by atoms with Crippen LogP contribution in [0.25, 0.3) is 0 Å². The summed E-state index contributed by atoms with van der Waals surface area (Å²) in [5.41, 5.74) is -0.473. The molecule has 1 aliphatic heterocycles. The molecule has 0 saturated carbocycles. The number of carbonyl (C=O) groups excluding carboxylic acids is 3. The molecule has 0 aliphatic carbocycles. The van der Waals surface area contributed by atoms with E-state index in [0.717, 1.165) is 25.9 Å². The SMILES string of the molecule is CCOC(=O)C(C)NC(=O)C(NC(=O)C1CCN(C)CC1)C(C)(C)C. The van der Waals surface area contributed by atoms with Gasteiger partial charge in [-0.2, -0.15) is 0 Å². The predicted octanol–water partition coefficient (Wildman–Crippen LogP) is 0.927. The van der Waals surface area contributed by atoms with Crippen molar-refractivity contribution in [3.63, 3.8) is 0 Å². The lowest BCUT2D eigenvalue weighted by atomic mass is 9.85. The van der Waals surface area contributed by atoms with Crippen LogP contribution in [0.1, 0.15) is 47.5 Å². The summed E-state index contributed by atoms with van der Waals surface area (Å²) in [5.74, 6) is -1.01. The van der Waals surface area contributed by atoms with Gasteiger partial charge in [-0.25, -0.2) is 4.79 Å². The van der Waals surface area contributed by atoms with E-state index < -0.39 is 23.5 Å². The number of piperidine rings is 1. The summed E-state index contributed by atoms with van der Waals surface area (Å²) >= 11 is 0. The van der Waals surface area contributed by atoms with E-state index in [0.29, 0.717) is 0 Å². The maximum atomic E-state index is 12.6. The maximum Gasteiger partial charge on any atom is 0.328 e. The van der Waals surface area contributed by atoms with Gasteiger partial charge < -0.3 is 20.3 Å². The fraction of sp³-hybridized carbons (Fsp3) is 0.833. The highest BCUT2D eigenvalue weighted by Gasteiger charge is 2.36. The fourth-order valence-electron chi connectivity index (χ4n) is 2.83. The van der Waals surface area contributed by atoms with E-state index in [1.54, 1.807) is 13.8 Å². The van der Waals surface area contributed by atoms with Gasteiger partial charge in [0.05, 0.1) is 6.61 Å². The van der Waals surface area contributed by atoms with Crippen molar-refractivity contribution < 1.29 is 19.1 Å². The normalized spacial score (nSPS) is 19.0. The van der Waals surface area contributed by atoms with Crippen LogP contribution in [-0.2, 0) is 19.1 Å². The van der Waals surface area contributed by atoms with Gasteiger partial charge in [0.2, 0.25) is 11.8 Å². The maximum absolute atomic E-state index is 12.6. The lowest BCUT2D eigenvalue weighted by Gasteiger charge is -2.34. The summed E-state index contributed by atoms with van der Waals surface area (Å²) < 4.78 is 4.91. The molecule has 1 heterocycles. The molecule has 7 nitrogen and oxygen atoms in total. The zero-order valence-electron chi connectivity index (χ0n) is 16.3. The first kappa shape index (κ1) is 21.4. The van der Waals surface area contributed by atoms with Crippen molar-refractivity contribution in [2.75, 3.05) is 26.7 Å². The Balaban J connectivity index is 2.72. The first-order valence-electron chi connectivity index (χ1n) is 9.02. The lowest BCUT2D eigenvalue weighted by Crippen LogP contribution is -2.57. The van der Waals surface area contributed by atoms with Gasteiger partial charge in [-0.3, -0.25) is 9.59 Å². The topological polar surface area (TPSA) is 87.7 Å². The number of likely N-dealkylation sites (tertiary alicyclic amines) is 1. The van der Waals surface area contributed by atoms with Crippen molar-refractivity contribution in [3.8, 4) is 0 Å². The number of amides is 2. The molecule has 2 amide bonds. The molecule has 1 aliphatic rings. The van der Waals surface area contributed by atoms with E-state index in [1.807, 2.05) is 27.8 Å². The number of carbonyl (C=O) groups is 3. The van der Waals surface area contributed by atoms with Gasteiger partial charge in [-0.1, -0.05) is 20.8 Å². The first-order valence-corrected chi connectivity index (χ1v) is 9.02. The van der Waals surface area contributed by atoms with Gasteiger partial charge >= 0.3 is 5.97 Å². The highest BCUT2D eigenvalue weighted by molar-refractivity contribution is 5.91. The van der Waals surface area contributed by atoms with Crippen molar-refractivity contribution in [3.05, 3.63) is 0 Å². The molecule has 1 fully saturated rings. The standard InChI is InChI=1S/C18H33N3O4/c1-7-25-17(24)12(2)19-16(23)14(18(3,4)5)20-15(22)13-8-10-21(6)11-9-13/h12-14H,7-11H2,1-6H3,(H,19,23)(H,20,22). The molecule has 2 N–H and O–H groups in total. The number of rotatable bonds is 6. The third-order valence-electron chi connectivity index (χ3n) is 4.50. The molecule has 0 aromatic heterocycles. The summed E-state index contributed by atoms with van der Waals surface area (Å²) in [4.78, 5) is 39.1. The van der Waals surface area contributed by atoms with Crippen molar-refractivity contribution >= 4 is 17.8 Å². The van der Waals surface area contributed by atoms with Gasteiger partial charge in [-0.05, 0) is 52.2 Å². The zero-order valence-corrected chi connectivity index (χ0v) is 16.3. The van der Waals surface area contributed by atoms with Crippen LogP contribution in [0.2, 0.25) is 0 Å². The molecular formula is C18H33N3O4. The monoisotopic (exact) mass is 355 g/mol. The van der Waals surface area contributed by atoms with Crippen LogP contribution in [-0.4, -0.2) is 61.5 Å². The number of nitrogens with one attached hydrogen (secondary N) is 2. The van der Waals surface area contributed by atoms with Crippen LogP contribution in [0.4, 0.5) is 0 Å². The second-order valence-corrected chi connectivity index (χ2v) is 7.87. The Morgan fingerprint density at radius 2 is 1.72 bits per heavy atom. The Bertz CT molecular complexity index is 479. The molecule has 0 bridgehead atoms. The van der Waals surface area contributed by atoms with Crippen molar-refractivity contribution in [1.82, 2.24) is 15.5 Å². The summed E-state index contributed by atoms with van der Waals surface area (Å²) in [7, 11) is 2.04. The minimum atomic E-state index is -0.752. The quantitative estimate of drug-likeness (QED) is 0.692. The van der Waals surface area contributed by atoms with Crippen LogP contribution < -0.4 is 10.6 Å². The Kier molecular flexibility index (Phi) is 7.86. The Hall–Kier alpha value is -1.63. The molecule has 1 rings (SSSR count). The fourth-order valence-corrected chi connectivity index (χ4v) is 2.83. The Labute approximate surface area is 150 Å². The number of esters is 1. The Morgan fingerprint density at radius 1 is 1.16 bits per heavy atom. The van der Waals surface area contributed by atoms with E-state index in [4.69, 9.17) is 4.74 Å². The summed E-state index contributed by atoms with van der Waals surface area (Å²) in [6.07, 6.45) is 1.58. The molecular weight excluding hydrogens is 322 g/mol. The Morgan fingerprint density at radius 3 is 2.20 bits per heavy atom. The van der Waals surface area contributed by atoms with E-state index in [2.05, 4.69) is 15.5 Å². The van der Waals surface area contributed by atoms with Gasteiger partial charge in [0.1, 0.15) is 12.1 Å². The molecule has 0 spiro atoms. The van der Waals surface area contributed by atoms with E-state index >= 15 is 0 Å². The second-order valence-electron chi connectivity index (χ2n) is 7.87. The minimum Gasteiger partial charge on any atom is -0.464 e. The predicted molar refractivity (Wildman–Crippen MR) is 95.8 cm³/mol. The average Bonchev–Trinajstić information content (AvgIpc) is 2.51. The van der Waals surface area contributed by atoms with Gasteiger partial charge in [0.25, 0.3) is 0 Å². The molecule has 1 saturated heterocycles. The lowest BCUT2D eigenvalue weighted by molar-refractivity contribution is -0.147. The highest BCUT2D eigenvalue weighted by atomic mass is 16.5. The first-order chi connectivity index (χ1) is 11.6. The summed E-state index contributed by atoms with van der Waals surface area (Å²) in [5, 5.41) is 5.55. The average molecular weight is 355 g/mol. The van der Waals surface area contributed by atoms with E-state index in [9.17, 15) is 14.4 Å². The zero-order chi connectivity index (χ0) is 19.2. The van der Waals surface area contributed by atoms with Gasteiger partial charge in [0, 0.05) is 5.92 Å². The number of ether oxygens (including phenoxy) is 1. The van der Waals surface area contributed by atoms with Crippen molar-refractivity contribution in [2.24, 2.45) is 11.3 Å². The number of hydrogen-bond acceptors (Lipinski definition) is 5. The van der Waals surface area contributed by atoms with E-state index in [1.165, 1.54) is 0 Å². The molecule has 2 unspecified atom stereocenters. The molecule has 2 atom stereocenters. The number of nitrogens with zero attached hydrogens (tertiary/aromatic N) is 1. The van der Waals surface area contributed by atoms with Crippen LogP contribution >= 0.6 is 0 Å². The molecule has 0 radical (unpaired) electrons. The van der Waals surface area contributed by atoms with Crippen LogP contribution in [0.15, 0.2) is 0 Å². The summed E-state index contributed by atoms with van der Waals surface area (Å²) in [6.45, 7) is 11.0. The van der Waals surface area contributed by atoms with E-state index in [-0.39, 0.29) is 24.3 Å². The molecule has 144 valence electrons. The molecule has 7 heteroatoms. The molecule has 0 aromatic carbocycles. The smallest absolute Gasteiger partial charge is 0.328 e. The largest absolute Gasteiger partial charge is 0.464 e. The molecule has 0 aromatic rings. The highest BCUT2D eigenvalue weighted by Crippen LogP contribution is 2.22. The molecule has 25 heavy (non-hydrogen) atoms. The second kappa shape index (κ2) is 9.17. The van der Waals surface area contributed by atoms with Crippen LogP contribution in [0.5, 0.6) is 0 Å². The van der Waals surface area contributed by atoms with Crippen molar-refractivity contribution in [1.29, 1.82) is 0 Å². The third kappa shape index (κ3) is 6.65. The summed E-state index contributed by atoms with van der Waals surface area (Å²) in [6, 6.07) is -1.46. The van der Waals surface area contributed by atoms with Crippen molar-refractivity contribution in [2.45, 2.75) is 59.5 Å². The minimum absolute atomic E-state index is 0.0728. The third-order valence-corrected chi connectivity index (χ3v) is 4.50. The van der Waals surface area contributed by atoms with Crippen LogP contribution in [0.3, 0.4) is 0 Å². The van der Waals surface area contributed by atoms with Gasteiger partial charge in [0.15, 0.2) is 0 Å².